The molecule has 0 atom stereocenters. The van der Waals surface area contributed by atoms with Gasteiger partial charge in [0, 0.05) is 24.7 Å². The summed E-state index contributed by atoms with van der Waals surface area (Å²) in [5.41, 5.74) is 3.38. The summed E-state index contributed by atoms with van der Waals surface area (Å²) in [5, 5.41) is 0. The SMILES string of the molecule is CCC1(CC)CN(C)c2ccccc21. The molecule has 0 amide bonds. The summed E-state index contributed by atoms with van der Waals surface area (Å²) >= 11 is 0. The minimum Gasteiger partial charge on any atom is -0.373 e. The van der Waals surface area contributed by atoms with Gasteiger partial charge in [0.05, 0.1) is 0 Å². The van der Waals surface area contributed by atoms with E-state index in [9.17, 15) is 0 Å². The molecule has 0 saturated carbocycles. The molecular formula is C13H19N. The van der Waals surface area contributed by atoms with Crippen LogP contribution in [0.5, 0.6) is 0 Å². The zero-order chi connectivity index (χ0) is 10.2. The first-order chi connectivity index (χ1) is 6.73. The van der Waals surface area contributed by atoms with E-state index in [1.54, 1.807) is 5.56 Å². The van der Waals surface area contributed by atoms with Crippen LogP contribution in [0.2, 0.25) is 0 Å². The second kappa shape index (κ2) is 3.30. The maximum Gasteiger partial charge on any atom is 0.0402 e. The van der Waals surface area contributed by atoms with Crippen molar-refractivity contribution < 1.29 is 0 Å². The molecule has 1 heterocycles. The summed E-state index contributed by atoms with van der Waals surface area (Å²) < 4.78 is 0. The first-order valence-electron chi connectivity index (χ1n) is 5.54. The van der Waals surface area contributed by atoms with Crippen molar-refractivity contribution in [1.82, 2.24) is 0 Å². The van der Waals surface area contributed by atoms with E-state index in [-0.39, 0.29) is 0 Å². The standard InChI is InChI=1S/C13H19N/c1-4-13(5-2)10-14(3)12-9-7-6-8-11(12)13/h6-9H,4-5,10H2,1-3H3. The number of nitrogens with zero attached hydrogens (tertiary/aromatic N) is 1. The second-order valence-electron chi connectivity index (χ2n) is 4.36. The van der Waals surface area contributed by atoms with Crippen LogP contribution in [0, 0.1) is 0 Å². The second-order valence-corrected chi connectivity index (χ2v) is 4.36. The highest BCUT2D eigenvalue weighted by Gasteiger charge is 2.37. The molecule has 76 valence electrons. The highest BCUT2D eigenvalue weighted by Crippen LogP contribution is 2.43. The van der Waals surface area contributed by atoms with E-state index >= 15 is 0 Å². The van der Waals surface area contributed by atoms with Crippen LogP contribution in [0.1, 0.15) is 32.3 Å². The van der Waals surface area contributed by atoms with E-state index in [1.165, 1.54) is 25.1 Å². The molecule has 0 unspecified atom stereocenters. The first kappa shape index (κ1) is 9.57. The number of rotatable bonds is 2. The third kappa shape index (κ3) is 1.15. The molecule has 2 rings (SSSR count). The maximum atomic E-state index is 2.39. The Balaban J connectivity index is 2.52. The molecule has 1 aromatic rings. The molecule has 0 aliphatic carbocycles. The Morgan fingerprint density at radius 2 is 1.86 bits per heavy atom. The predicted octanol–water partition coefficient (Wildman–Crippen LogP) is 3.19. The Kier molecular flexibility index (Phi) is 2.26. The van der Waals surface area contributed by atoms with Crippen LogP contribution in [-0.4, -0.2) is 13.6 Å². The van der Waals surface area contributed by atoms with Gasteiger partial charge in [0.1, 0.15) is 0 Å². The molecule has 0 bridgehead atoms. The van der Waals surface area contributed by atoms with Gasteiger partial charge >= 0.3 is 0 Å². The molecule has 14 heavy (non-hydrogen) atoms. The van der Waals surface area contributed by atoms with Gasteiger partial charge < -0.3 is 4.90 Å². The van der Waals surface area contributed by atoms with Crippen LogP contribution in [0.15, 0.2) is 24.3 Å². The molecule has 1 heteroatoms. The van der Waals surface area contributed by atoms with Crippen molar-refractivity contribution in [2.75, 3.05) is 18.5 Å². The minimum absolute atomic E-state index is 0.408. The highest BCUT2D eigenvalue weighted by molar-refractivity contribution is 5.61. The van der Waals surface area contributed by atoms with E-state index in [0.717, 1.165) is 0 Å². The fraction of sp³-hybridized carbons (Fsp3) is 0.538. The average molecular weight is 189 g/mol. The quantitative estimate of drug-likeness (QED) is 0.690. The minimum atomic E-state index is 0.408. The molecule has 1 nitrogen and oxygen atoms in total. The lowest BCUT2D eigenvalue weighted by molar-refractivity contribution is 0.425. The number of anilines is 1. The fourth-order valence-electron chi connectivity index (χ4n) is 2.73. The molecule has 1 aliphatic heterocycles. The van der Waals surface area contributed by atoms with Gasteiger partial charge in [-0.05, 0) is 24.5 Å². The Labute approximate surface area is 86.7 Å². The molecule has 1 aliphatic rings. The summed E-state index contributed by atoms with van der Waals surface area (Å²) in [5.74, 6) is 0. The molecule has 0 spiro atoms. The van der Waals surface area contributed by atoms with Gasteiger partial charge in [-0.2, -0.15) is 0 Å². The normalized spacial score (nSPS) is 18.4. The first-order valence-corrected chi connectivity index (χ1v) is 5.54. The smallest absolute Gasteiger partial charge is 0.0402 e. The predicted molar refractivity (Wildman–Crippen MR) is 62.0 cm³/mol. The zero-order valence-electron chi connectivity index (χ0n) is 9.38. The van der Waals surface area contributed by atoms with Crippen LogP contribution in [0.4, 0.5) is 5.69 Å². The number of benzene rings is 1. The van der Waals surface area contributed by atoms with Gasteiger partial charge in [0.2, 0.25) is 0 Å². The monoisotopic (exact) mass is 189 g/mol. The van der Waals surface area contributed by atoms with E-state index in [4.69, 9.17) is 0 Å². The van der Waals surface area contributed by atoms with Gasteiger partial charge in [-0.3, -0.25) is 0 Å². The molecule has 0 aromatic heterocycles. The van der Waals surface area contributed by atoms with Crippen LogP contribution in [0.3, 0.4) is 0 Å². The lowest BCUT2D eigenvalue weighted by Gasteiger charge is -2.27. The van der Waals surface area contributed by atoms with Gasteiger partial charge in [-0.15, -0.1) is 0 Å². The van der Waals surface area contributed by atoms with Crippen molar-refractivity contribution >= 4 is 5.69 Å². The summed E-state index contributed by atoms with van der Waals surface area (Å²) in [6.07, 6.45) is 2.48. The van der Waals surface area contributed by atoms with Crippen LogP contribution >= 0.6 is 0 Å². The summed E-state index contributed by atoms with van der Waals surface area (Å²) in [4.78, 5) is 2.39. The number of para-hydroxylation sites is 1. The van der Waals surface area contributed by atoms with Gasteiger partial charge in [-0.25, -0.2) is 0 Å². The number of fused-ring (bicyclic) bond motifs is 1. The molecule has 0 N–H and O–H groups in total. The molecule has 0 fully saturated rings. The van der Waals surface area contributed by atoms with E-state index in [1.807, 2.05) is 0 Å². The lowest BCUT2D eigenvalue weighted by Crippen LogP contribution is -2.30. The Morgan fingerprint density at radius 3 is 2.50 bits per heavy atom. The fourth-order valence-corrected chi connectivity index (χ4v) is 2.73. The number of hydrogen-bond donors (Lipinski definition) is 0. The van der Waals surface area contributed by atoms with E-state index in [0.29, 0.717) is 5.41 Å². The van der Waals surface area contributed by atoms with Crippen molar-refractivity contribution in [2.45, 2.75) is 32.1 Å². The number of hydrogen-bond acceptors (Lipinski definition) is 1. The van der Waals surface area contributed by atoms with Crippen molar-refractivity contribution in [3.63, 3.8) is 0 Å². The van der Waals surface area contributed by atoms with Crippen molar-refractivity contribution in [2.24, 2.45) is 0 Å². The third-order valence-corrected chi connectivity index (χ3v) is 3.78. The van der Waals surface area contributed by atoms with E-state index < -0.39 is 0 Å². The topological polar surface area (TPSA) is 3.24 Å². The van der Waals surface area contributed by atoms with Crippen LogP contribution in [0.25, 0.3) is 0 Å². The zero-order valence-corrected chi connectivity index (χ0v) is 9.38. The van der Waals surface area contributed by atoms with Crippen molar-refractivity contribution in [1.29, 1.82) is 0 Å². The van der Waals surface area contributed by atoms with Gasteiger partial charge in [0.15, 0.2) is 0 Å². The summed E-state index contributed by atoms with van der Waals surface area (Å²) in [6, 6.07) is 8.84. The van der Waals surface area contributed by atoms with Crippen LogP contribution in [-0.2, 0) is 5.41 Å². The summed E-state index contributed by atoms with van der Waals surface area (Å²) in [6.45, 7) is 5.79. The molecule has 1 aromatic carbocycles. The van der Waals surface area contributed by atoms with Gasteiger partial charge in [0.25, 0.3) is 0 Å². The van der Waals surface area contributed by atoms with Crippen molar-refractivity contribution in [3.8, 4) is 0 Å². The number of likely N-dealkylation sites (N-methyl/N-ethyl adjacent to an activating group) is 1. The molecular weight excluding hydrogens is 170 g/mol. The molecule has 0 radical (unpaired) electrons. The lowest BCUT2D eigenvalue weighted by atomic mass is 9.78. The van der Waals surface area contributed by atoms with Crippen molar-refractivity contribution in [3.05, 3.63) is 29.8 Å². The Morgan fingerprint density at radius 1 is 1.21 bits per heavy atom. The van der Waals surface area contributed by atoms with Crippen LogP contribution < -0.4 is 4.90 Å². The highest BCUT2D eigenvalue weighted by atomic mass is 15.1. The van der Waals surface area contributed by atoms with E-state index in [2.05, 4.69) is 50.1 Å². The Bertz CT molecular complexity index is 326. The van der Waals surface area contributed by atoms with Gasteiger partial charge in [-0.1, -0.05) is 32.0 Å². The largest absolute Gasteiger partial charge is 0.373 e. The third-order valence-electron chi connectivity index (χ3n) is 3.78. The maximum absolute atomic E-state index is 2.39. The average Bonchev–Trinajstić information content (AvgIpc) is 2.53. The molecule has 0 saturated heterocycles. The summed E-state index contributed by atoms with van der Waals surface area (Å²) in [7, 11) is 2.20. The Hall–Kier alpha value is -0.980.